The van der Waals surface area contributed by atoms with Gasteiger partial charge in [-0.1, -0.05) is 24.3 Å². The van der Waals surface area contributed by atoms with Gasteiger partial charge in [-0.2, -0.15) is 0 Å². The Balaban J connectivity index is 0.00000312. The van der Waals surface area contributed by atoms with Gasteiger partial charge in [-0.05, 0) is 42.7 Å². The fourth-order valence-electron chi connectivity index (χ4n) is 2.18. The lowest BCUT2D eigenvalue weighted by Gasteiger charge is -2.11. The maximum absolute atomic E-state index is 13.6. The van der Waals surface area contributed by atoms with E-state index in [0.717, 1.165) is 0 Å². The van der Waals surface area contributed by atoms with Crippen molar-refractivity contribution in [3.63, 3.8) is 0 Å². The largest absolute Gasteiger partial charge is 0.505 e. The molecule has 0 radical (unpaired) electrons. The molecule has 0 spiro atoms. The lowest BCUT2D eigenvalue weighted by atomic mass is 10.1. The molecule has 0 saturated heterocycles. The van der Waals surface area contributed by atoms with Crippen molar-refractivity contribution in [1.82, 2.24) is 10.6 Å². The number of aromatic hydroxyl groups is 1. The van der Waals surface area contributed by atoms with Gasteiger partial charge in [-0.3, -0.25) is 0 Å². The van der Waals surface area contributed by atoms with Crippen LogP contribution in [0.2, 0.25) is 0 Å². The number of hydrogen-bond donors (Lipinski definition) is 3. The van der Waals surface area contributed by atoms with E-state index in [4.69, 9.17) is 0 Å². The van der Waals surface area contributed by atoms with Crippen molar-refractivity contribution in [3.8, 4) is 5.75 Å². The Morgan fingerprint density at radius 2 is 1.84 bits per heavy atom. The zero-order chi connectivity index (χ0) is 17.4. The third-order valence-corrected chi connectivity index (χ3v) is 3.42. The minimum atomic E-state index is -0.666. The van der Waals surface area contributed by atoms with Crippen molar-refractivity contribution in [2.75, 3.05) is 13.1 Å². The highest BCUT2D eigenvalue weighted by molar-refractivity contribution is 14.0. The summed E-state index contributed by atoms with van der Waals surface area (Å²) in [5.41, 5.74) is 1.29. The number of rotatable bonds is 6. The van der Waals surface area contributed by atoms with Crippen LogP contribution in [-0.4, -0.2) is 24.2 Å². The monoisotopic (exact) mass is 461 g/mol. The SMILES string of the molecule is CCNC(=NCc1ccc(O)c(F)c1)NCCc1ccccc1F.I. The molecule has 25 heavy (non-hydrogen) atoms. The van der Waals surface area contributed by atoms with E-state index in [1.807, 2.05) is 6.92 Å². The Morgan fingerprint density at radius 1 is 1.08 bits per heavy atom. The van der Waals surface area contributed by atoms with Crippen molar-refractivity contribution < 1.29 is 13.9 Å². The number of phenolic OH excluding ortho intramolecular Hbond substituents is 1. The molecule has 2 rings (SSSR count). The van der Waals surface area contributed by atoms with Crippen LogP contribution in [0, 0.1) is 11.6 Å². The molecule has 136 valence electrons. The number of nitrogens with one attached hydrogen (secondary N) is 2. The van der Waals surface area contributed by atoms with Crippen molar-refractivity contribution in [2.24, 2.45) is 4.99 Å². The van der Waals surface area contributed by atoms with Crippen LogP contribution >= 0.6 is 24.0 Å². The van der Waals surface area contributed by atoms with Crippen molar-refractivity contribution >= 4 is 29.9 Å². The van der Waals surface area contributed by atoms with E-state index >= 15 is 0 Å². The second kappa shape index (κ2) is 10.9. The van der Waals surface area contributed by atoms with E-state index in [-0.39, 0.29) is 42.1 Å². The summed E-state index contributed by atoms with van der Waals surface area (Å²) in [5, 5.41) is 15.4. The Morgan fingerprint density at radius 3 is 2.52 bits per heavy atom. The van der Waals surface area contributed by atoms with Crippen LogP contribution in [0.25, 0.3) is 0 Å². The molecule has 4 nitrogen and oxygen atoms in total. The van der Waals surface area contributed by atoms with Gasteiger partial charge in [0, 0.05) is 13.1 Å². The molecule has 0 fully saturated rings. The number of aliphatic imine (C=N–C) groups is 1. The van der Waals surface area contributed by atoms with Gasteiger partial charge in [0.2, 0.25) is 0 Å². The summed E-state index contributed by atoms with van der Waals surface area (Å²) in [6, 6.07) is 10.8. The van der Waals surface area contributed by atoms with Gasteiger partial charge in [-0.25, -0.2) is 13.8 Å². The summed E-state index contributed by atoms with van der Waals surface area (Å²) in [6.45, 7) is 3.41. The van der Waals surface area contributed by atoms with E-state index in [0.29, 0.717) is 36.6 Å². The summed E-state index contributed by atoms with van der Waals surface area (Å²) in [6.07, 6.45) is 0.533. The van der Waals surface area contributed by atoms with Gasteiger partial charge in [0.05, 0.1) is 6.54 Å². The third-order valence-electron chi connectivity index (χ3n) is 3.42. The standard InChI is InChI=1S/C18H21F2N3O.HI/c1-2-21-18(22-10-9-14-5-3-4-6-15(14)19)23-12-13-7-8-17(24)16(20)11-13;/h3-8,11,24H,2,9-10,12H2,1H3,(H2,21,22,23);1H. The van der Waals surface area contributed by atoms with Gasteiger partial charge >= 0.3 is 0 Å². The van der Waals surface area contributed by atoms with Crippen LogP contribution in [0.1, 0.15) is 18.1 Å². The zero-order valence-electron chi connectivity index (χ0n) is 13.9. The van der Waals surface area contributed by atoms with E-state index < -0.39 is 5.82 Å². The summed E-state index contributed by atoms with van der Waals surface area (Å²) in [4.78, 5) is 4.36. The van der Waals surface area contributed by atoms with Crippen LogP contribution in [-0.2, 0) is 13.0 Å². The van der Waals surface area contributed by atoms with Gasteiger partial charge < -0.3 is 15.7 Å². The van der Waals surface area contributed by atoms with Crippen LogP contribution in [0.15, 0.2) is 47.5 Å². The Bertz CT molecular complexity index is 710. The van der Waals surface area contributed by atoms with Crippen LogP contribution < -0.4 is 10.6 Å². The summed E-state index contributed by atoms with van der Waals surface area (Å²) in [5.74, 6) is -0.694. The molecule has 2 aromatic rings. The molecule has 0 saturated carbocycles. The number of hydrogen-bond acceptors (Lipinski definition) is 2. The average Bonchev–Trinajstić information content (AvgIpc) is 2.57. The molecule has 0 aromatic heterocycles. The molecule has 0 amide bonds. The smallest absolute Gasteiger partial charge is 0.191 e. The molecule has 3 N–H and O–H groups in total. The minimum Gasteiger partial charge on any atom is -0.505 e. The molecule has 2 aromatic carbocycles. The van der Waals surface area contributed by atoms with Gasteiger partial charge in [0.25, 0.3) is 0 Å². The second-order valence-corrected chi connectivity index (χ2v) is 5.25. The normalized spacial score (nSPS) is 10.9. The number of halogens is 3. The fourth-order valence-corrected chi connectivity index (χ4v) is 2.18. The Hall–Kier alpha value is -1.90. The lowest BCUT2D eigenvalue weighted by Crippen LogP contribution is -2.38. The highest BCUT2D eigenvalue weighted by Crippen LogP contribution is 2.16. The van der Waals surface area contributed by atoms with E-state index in [9.17, 15) is 13.9 Å². The van der Waals surface area contributed by atoms with Gasteiger partial charge in [0.1, 0.15) is 5.82 Å². The predicted octanol–water partition coefficient (Wildman–Crippen LogP) is 3.59. The Labute approximate surface area is 163 Å². The maximum Gasteiger partial charge on any atom is 0.191 e. The summed E-state index contributed by atoms with van der Waals surface area (Å²) < 4.78 is 26.9. The van der Waals surface area contributed by atoms with E-state index in [1.165, 1.54) is 18.2 Å². The van der Waals surface area contributed by atoms with Crippen molar-refractivity contribution in [1.29, 1.82) is 0 Å². The molecule has 0 heterocycles. The first-order chi connectivity index (χ1) is 11.6. The number of nitrogens with zero attached hydrogens (tertiary/aromatic N) is 1. The molecule has 0 aliphatic carbocycles. The molecule has 0 aliphatic rings. The van der Waals surface area contributed by atoms with Crippen molar-refractivity contribution in [2.45, 2.75) is 19.9 Å². The van der Waals surface area contributed by atoms with Gasteiger partial charge in [0.15, 0.2) is 17.5 Å². The summed E-state index contributed by atoms with van der Waals surface area (Å²) in [7, 11) is 0. The lowest BCUT2D eigenvalue weighted by molar-refractivity contribution is 0.432. The van der Waals surface area contributed by atoms with Crippen LogP contribution in [0.3, 0.4) is 0 Å². The molecule has 7 heteroatoms. The first-order valence-electron chi connectivity index (χ1n) is 7.83. The highest BCUT2D eigenvalue weighted by atomic mass is 127. The number of benzene rings is 2. The number of guanidine groups is 1. The van der Waals surface area contributed by atoms with E-state index in [1.54, 1.807) is 24.3 Å². The minimum absolute atomic E-state index is 0. The maximum atomic E-state index is 13.6. The van der Waals surface area contributed by atoms with Crippen molar-refractivity contribution in [3.05, 3.63) is 65.2 Å². The zero-order valence-corrected chi connectivity index (χ0v) is 16.3. The quantitative estimate of drug-likeness (QED) is 0.350. The molecule has 0 atom stereocenters. The second-order valence-electron chi connectivity index (χ2n) is 5.25. The molecular formula is C18H22F2IN3O. The molecule has 0 unspecified atom stereocenters. The summed E-state index contributed by atoms with van der Waals surface area (Å²) >= 11 is 0. The third kappa shape index (κ3) is 6.85. The first-order valence-corrected chi connectivity index (χ1v) is 7.83. The van der Waals surface area contributed by atoms with E-state index in [2.05, 4.69) is 15.6 Å². The average molecular weight is 461 g/mol. The van der Waals surface area contributed by atoms with Crippen LogP contribution in [0.4, 0.5) is 8.78 Å². The fraction of sp³-hybridized carbons (Fsp3) is 0.278. The molecule has 0 bridgehead atoms. The number of phenols is 1. The van der Waals surface area contributed by atoms with Gasteiger partial charge in [-0.15, -0.1) is 24.0 Å². The first kappa shape index (κ1) is 21.1. The topological polar surface area (TPSA) is 56.7 Å². The molecular weight excluding hydrogens is 439 g/mol. The van der Waals surface area contributed by atoms with Crippen LogP contribution in [0.5, 0.6) is 5.75 Å². The molecule has 0 aliphatic heterocycles. The Kier molecular flexibility index (Phi) is 9.18. The predicted molar refractivity (Wildman–Crippen MR) is 106 cm³/mol. The highest BCUT2D eigenvalue weighted by Gasteiger charge is 2.04.